The van der Waals surface area contributed by atoms with Gasteiger partial charge in [0.15, 0.2) is 0 Å². The van der Waals surface area contributed by atoms with Crippen molar-refractivity contribution in [3.63, 3.8) is 0 Å². The number of halogens is 1. The lowest BCUT2D eigenvalue weighted by Gasteiger charge is -2.39. The lowest BCUT2D eigenvalue weighted by molar-refractivity contribution is -0.929. The molecular weight excluding hydrogens is 358 g/mol. The van der Waals surface area contributed by atoms with Gasteiger partial charge in [0.25, 0.3) is 0 Å². The summed E-state index contributed by atoms with van der Waals surface area (Å²) in [6.07, 6.45) is 11.1. The van der Waals surface area contributed by atoms with Crippen molar-refractivity contribution < 1.29 is 14.4 Å². The van der Waals surface area contributed by atoms with E-state index in [1.54, 1.807) is 18.2 Å². The van der Waals surface area contributed by atoms with E-state index in [1.807, 2.05) is 0 Å². The number of benzene rings is 1. The van der Waals surface area contributed by atoms with Gasteiger partial charge in [-0.25, -0.2) is 4.79 Å². The summed E-state index contributed by atoms with van der Waals surface area (Å²) in [5.74, 6) is -0.995. The summed E-state index contributed by atoms with van der Waals surface area (Å²) in [6, 6.07) is 6.33. The second-order valence-corrected chi connectivity index (χ2v) is 7.84. The zero-order chi connectivity index (χ0) is 20.5. The fourth-order valence-corrected chi connectivity index (χ4v) is 3.50. The van der Waals surface area contributed by atoms with Gasteiger partial charge >= 0.3 is 5.97 Å². The quantitative estimate of drug-likeness (QED) is 0.361. The molecule has 0 amide bonds. The van der Waals surface area contributed by atoms with Crippen LogP contribution in [0.15, 0.2) is 24.3 Å². The number of carbonyl (C=O) groups is 1. The van der Waals surface area contributed by atoms with Gasteiger partial charge in [-0.15, -0.1) is 0 Å². The van der Waals surface area contributed by atoms with Gasteiger partial charge in [0.1, 0.15) is 0 Å². The Morgan fingerprint density at radius 3 is 1.44 bits per heavy atom. The van der Waals surface area contributed by atoms with Gasteiger partial charge in [-0.1, -0.05) is 77.1 Å². The first kappa shape index (κ1) is 25.9. The van der Waals surface area contributed by atoms with Crippen LogP contribution in [0.2, 0.25) is 5.02 Å². The molecular formula is C23H41ClNO2+. The lowest BCUT2D eigenvalue weighted by atomic mass is 10.1. The topological polar surface area (TPSA) is 37.3 Å². The van der Waals surface area contributed by atoms with Crippen LogP contribution in [-0.2, 0) is 0 Å². The molecule has 0 spiro atoms. The first-order valence-electron chi connectivity index (χ1n) is 10.8. The molecule has 0 unspecified atom stereocenters. The fourth-order valence-electron chi connectivity index (χ4n) is 3.28. The van der Waals surface area contributed by atoms with Crippen molar-refractivity contribution in [1.29, 1.82) is 0 Å². The minimum absolute atomic E-state index is 0.143. The van der Waals surface area contributed by atoms with Crippen LogP contribution < -0.4 is 0 Å². The molecule has 1 N–H and O–H groups in total. The van der Waals surface area contributed by atoms with Crippen molar-refractivity contribution in [2.45, 2.75) is 79.1 Å². The highest BCUT2D eigenvalue weighted by atomic mass is 35.5. The van der Waals surface area contributed by atoms with Crippen LogP contribution in [-0.4, -0.2) is 41.7 Å². The maximum absolute atomic E-state index is 10.3. The Balaban J connectivity index is 0.000000569. The van der Waals surface area contributed by atoms with Crippen LogP contribution in [0.3, 0.4) is 0 Å². The normalized spacial score (nSPS) is 11.0. The number of quaternary nitrogens is 1. The van der Waals surface area contributed by atoms with E-state index >= 15 is 0 Å². The van der Waals surface area contributed by atoms with Crippen LogP contribution in [0.25, 0.3) is 0 Å². The molecule has 1 rings (SSSR count). The van der Waals surface area contributed by atoms with E-state index in [2.05, 4.69) is 27.7 Å². The fraction of sp³-hybridized carbons (Fsp3) is 0.696. The van der Waals surface area contributed by atoms with Gasteiger partial charge in [-0.3, -0.25) is 0 Å². The largest absolute Gasteiger partial charge is 0.478 e. The van der Waals surface area contributed by atoms with Gasteiger partial charge in [0.05, 0.1) is 36.8 Å². The molecule has 0 aromatic heterocycles. The zero-order valence-electron chi connectivity index (χ0n) is 18.0. The van der Waals surface area contributed by atoms with E-state index in [1.165, 1.54) is 88.1 Å². The summed E-state index contributed by atoms with van der Waals surface area (Å²) in [6.45, 7) is 15.0. The van der Waals surface area contributed by atoms with Gasteiger partial charge in [-0.2, -0.15) is 0 Å². The van der Waals surface area contributed by atoms with Crippen LogP contribution in [0, 0.1) is 0 Å². The van der Waals surface area contributed by atoms with Gasteiger partial charge in [0, 0.05) is 0 Å². The summed E-state index contributed by atoms with van der Waals surface area (Å²) in [5.41, 5.74) is 0.143. The Labute approximate surface area is 172 Å². The third-order valence-electron chi connectivity index (χ3n) is 5.05. The van der Waals surface area contributed by atoms with Crippen LogP contribution in [0.5, 0.6) is 0 Å². The summed E-state index contributed by atoms with van der Waals surface area (Å²) < 4.78 is 1.42. The molecule has 0 bridgehead atoms. The standard InChI is InChI=1S/C16H36N.C7H5ClO2/c1-5-9-13-17(14-10-6-2,15-11-7-3)16-12-8-4;8-6-4-2-1-3-5(6)7(9)10/h5-16H2,1-4H3;1-4H,(H,9,10)/q+1;. The molecule has 0 heterocycles. The first-order chi connectivity index (χ1) is 13.0. The smallest absolute Gasteiger partial charge is 0.337 e. The molecule has 3 nitrogen and oxygen atoms in total. The molecule has 27 heavy (non-hydrogen) atoms. The Morgan fingerprint density at radius 2 is 1.19 bits per heavy atom. The third kappa shape index (κ3) is 11.4. The second kappa shape index (κ2) is 15.9. The highest BCUT2D eigenvalue weighted by Gasteiger charge is 2.24. The Morgan fingerprint density at radius 1 is 0.815 bits per heavy atom. The van der Waals surface area contributed by atoms with Crippen LogP contribution >= 0.6 is 11.6 Å². The maximum atomic E-state index is 10.3. The number of hydrogen-bond donors (Lipinski definition) is 1. The minimum Gasteiger partial charge on any atom is -0.478 e. The predicted octanol–water partition coefficient (Wildman–Crippen LogP) is 7.04. The van der Waals surface area contributed by atoms with E-state index < -0.39 is 5.97 Å². The molecule has 0 aliphatic rings. The molecule has 0 fully saturated rings. The number of carboxylic acid groups (broad SMARTS) is 1. The number of carboxylic acids is 1. The van der Waals surface area contributed by atoms with Gasteiger partial charge in [0.2, 0.25) is 0 Å². The van der Waals surface area contributed by atoms with Crippen LogP contribution in [0.4, 0.5) is 0 Å². The molecule has 0 radical (unpaired) electrons. The molecule has 0 saturated carbocycles. The monoisotopic (exact) mass is 398 g/mol. The highest BCUT2D eigenvalue weighted by Crippen LogP contribution is 2.16. The molecule has 0 atom stereocenters. The summed E-state index contributed by atoms with van der Waals surface area (Å²) in [4.78, 5) is 10.3. The third-order valence-corrected chi connectivity index (χ3v) is 5.38. The van der Waals surface area contributed by atoms with Crippen molar-refractivity contribution in [3.05, 3.63) is 34.9 Å². The SMILES string of the molecule is CCCC[N+](CCCC)(CCCC)CCCC.O=C(O)c1ccccc1Cl. The average molecular weight is 399 g/mol. The maximum Gasteiger partial charge on any atom is 0.337 e. The van der Waals surface area contributed by atoms with Crippen LogP contribution in [0.1, 0.15) is 89.4 Å². The highest BCUT2D eigenvalue weighted by molar-refractivity contribution is 6.33. The summed E-state index contributed by atoms with van der Waals surface area (Å²) >= 11 is 5.54. The number of rotatable bonds is 13. The number of hydrogen-bond acceptors (Lipinski definition) is 1. The average Bonchev–Trinajstić information content (AvgIpc) is 2.67. The molecule has 0 saturated heterocycles. The molecule has 0 aliphatic heterocycles. The van der Waals surface area contributed by atoms with Crippen molar-refractivity contribution in [3.8, 4) is 0 Å². The molecule has 1 aromatic rings. The predicted molar refractivity (Wildman–Crippen MR) is 118 cm³/mol. The minimum atomic E-state index is -0.995. The number of nitrogens with zero attached hydrogens (tertiary/aromatic N) is 1. The van der Waals surface area contributed by atoms with Gasteiger partial charge < -0.3 is 9.59 Å². The lowest BCUT2D eigenvalue weighted by Crippen LogP contribution is -2.50. The summed E-state index contributed by atoms with van der Waals surface area (Å²) in [5, 5.41) is 8.75. The van der Waals surface area contributed by atoms with Crippen molar-refractivity contribution in [2.24, 2.45) is 0 Å². The van der Waals surface area contributed by atoms with Gasteiger partial charge in [-0.05, 0) is 37.8 Å². The van der Waals surface area contributed by atoms with Crippen molar-refractivity contribution >= 4 is 17.6 Å². The van der Waals surface area contributed by atoms with E-state index in [9.17, 15) is 4.79 Å². The Hall–Kier alpha value is -1.06. The molecule has 1 aromatic carbocycles. The van der Waals surface area contributed by atoms with E-state index in [-0.39, 0.29) is 10.6 Å². The zero-order valence-corrected chi connectivity index (χ0v) is 18.7. The van der Waals surface area contributed by atoms with Crippen molar-refractivity contribution in [1.82, 2.24) is 0 Å². The van der Waals surface area contributed by atoms with E-state index in [4.69, 9.17) is 16.7 Å². The number of unbranched alkanes of at least 4 members (excludes halogenated alkanes) is 4. The molecule has 4 heteroatoms. The van der Waals surface area contributed by atoms with Crippen molar-refractivity contribution in [2.75, 3.05) is 26.2 Å². The molecule has 0 aliphatic carbocycles. The second-order valence-electron chi connectivity index (χ2n) is 7.44. The van der Waals surface area contributed by atoms with E-state index in [0.29, 0.717) is 0 Å². The Kier molecular flexibility index (Phi) is 15.3. The number of aromatic carboxylic acids is 1. The van der Waals surface area contributed by atoms with E-state index in [0.717, 1.165) is 0 Å². The Bertz CT molecular complexity index is 467. The summed E-state index contributed by atoms with van der Waals surface area (Å²) in [7, 11) is 0. The molecule has 156 valence electrons. The first-order valence-corrected chi connectivity index (χ1v) is 11.2.